The molecule has 21 heavy (non-hydrogen) atoms. The predicted molar refractivity (Wildman–Crippen MR) is 80.8 cm³/mol. The standard InChI is InChI=1S/C15H24F2O3Si/c1-3-18-15(19-4-2)20-21-10-6-5-7-12-8-9-13(16)11-14(12)17/h8-9,11,15H,3-7,10,21H2,1-2H3. The minimum atomic E-state index is -0.697. The molecule has 1 aromatic rings. The molecule has 0 bridgehead atoms. The minimum Gasteiger partial charge on any atom is -0.379 e. The summed E-state index contributed by atoms with van der Waals surface area (Å²) in [5.74, 6) is -0.994. The van der Waals surface area contributed by atoms with E-state index >= 15 is 0 Å². The molecule has 3 nitrogen and oxygen atoms in total. The molecule has 0 radical (unpaired) electrons. The average molecular weight is 318 g/mol. The van der Waals surface area contributed by atoms with Gasteiger partial charge in [0.1, 0.15) is 11.6 Å². The lowest BCUT2D eigenvalue weighted by Crippen LogP contribution is -2.22. The molecule has 0 aromatic heterocycles. The summed E-state index contributed by atoms with van der Waals surface area (Å²) in [6, 6.07) is 4.73. The van der Waals surface area contributed by atoms with Gasteiger partial charge in [0, 0.05) is 19.3 Å². The van der Waals surface area contributed by atoms with Gasteiger partial charge in [-0.3, -0.25) is 0 Å². The van der Waals surface area contributed by atoms with Crippen LogP contribution in [0.15, 0.2) is 18.2 Å². The third-order valence-corrected chi connectivity index (χ3v) is 4.26. The molecule has 1 aromatic carbocycles. The first-order valence-corrected chi connectivity index (χ1v) is 9.03. The molecule has 0 fully saturated rings. The lowest BCUT2D eigenvalue weighted by molar-refractivity contribution is -0.243. The van der Waals surface area contributed by atoms with Gasteiger partial charge in [0.2, 0.25) is 0 Å². The lowest BCUT2D eigenvalue weighted by Gasteiger charge is -2.17. The molecule has 1 rings (SSSR count). The van der Waals surface area contributed by atoms with Crippen molar-refractivity contribution in [2.75, 3.05) is 13.2 Å². The molecule has 0 saturated heterocycles. The Kier molecular flexibility index (Phi) is 9.41. The zero-order valence-electron chi connectivity index (χ0n) is 12.7. The van der Waals surface area contributed by atoms with Crippen molar-refractivity contribution >= 4 is 9.76 Å². The predicted octanol–water partition coefficient (Wildman–Crippen LogP) is 3.16. The van der Waals surface area contributed by atoms with Crippen molar-refractivity contribution in [1.29, 1.82) is 0 Å². The van der Waals surface area contributed by atoms with E-state index in [-0.39, 0.29) is 0 Å². The Morgan fingerprint density at radius 2 is 1.81 bits per heavy atom. The molecule has 120 valence electrons. The number of rotatable bonds is 11. The van der Waals surface area contributed by atoms with Crippen LogP contribution in [0.4, 0.5) is 8.78 Å². The van der Waals surface area contributed by atoms with Gasteiger partial charge in [-0.05, 0) is 44.4 Å². The van der Waals surface area contributed by atoms with Crippen molar-refractivity contribution in [3.63, 3.8) is 0 Å². The van der Waals surface area contributed by atoms with E-state index in [4.69, 9.17) is 13.9 Å². The van der Waals surface area contributed by atoms with Crippen LogP contribution in [-0.4, -0.2) is 29.5 Å². The number of hydrogen-bond donors (Lipinski definition) is 0. The molecule has 0 amide bonds. The highest BCUT2D eigenvalue weighted by Gasteiger charge is 2.07. The van der Waals surface area contributed by atoms with Crippen LogP contribution in [0.3, 0.4) is 0 Å². The van der Waals surface area contributed by atoms with Crippen LogP contribution in [0, 0.1) is 11.6 Å². The molecule has 0 atom stereocenters. The van der Waals surface area contributed by atoms with Crippen molar-refractivity contribution in [1.82, 2.24) is 0 Å². The zero-order chi connectivity index (χ0) is 15.5. The molecule has 0 unspecified atom stereocenters. The fraction of sp³-hybridized carbons (Fsp3) is 0.600. The van der Waals surface area contributed by atoms with Gasteiger partial charge in [0.15, 0.2) is 9.76 Å². The number of aryl methyl sites for hydroxylation is 1. The maximum atomic E-state index is 13.4. The van der Waals surface area contributed by atoms with Crippen LogP contribution in [0.5, 0.6) is 0 Å². The fourth-order valence-corrected chi connectivity index (χ4v) is 3.02. The highest BCUT2D eigenvalue weighted by atomic mass is 28.2. The van der Waals surface area contributed by atoms with Crippen LogP contribution < -0.4 is 0 Å². The van der Waals surface area contributed by atoms with Gasteiger partial charge in [0.05, 0.1) is 0 Å². The Hall–Kier alpha value is -0.823. The van der Waals surface area contributed by atoms with E-state index in [1.165, 1.54) is 12.1 Å². The Bertz CT molecular complexity index is 399. The maximum Gasteiger partial charge on any atom is 0.261 e. The van der Waals surface area contributed by atoms with Crippen LogP contribution >= 0.6 is 0 Å². The smallest absolute Gasteiger partial charge is 0.261 e. The zero-order valence-corrected chi connectivity index (χ0v) is 14.2. The second-order valence-corrected chi connectivity index (χ2v) is 6.07. The van der Waals surface area contributed by atoms with E-state index in [1.54, 1.807) is 0 Å². The summed E-state index contributed by atoms with van der Waals surface area (Å²) in [7, 11) is -0.697. The summed E-state index contributed by atoms with van der Waals surface area (Å²) in [5.41, 5.74) is 0.570. The SMILES string of the molecule is CCOC(OCC)O[SiH2]CCCCc1ccc(F)cc1F. The van der Waals surface area contributed by atoms with Crippen molar-refractivity contribution in [3.8, 4) is 0 Å². The highest BCUT2D eigenvalue weighted by molar-refractivity contribution is 6.27. The van der Waals surface area contributed by atoms with E-state index in [9.17, 15) is 8.78 Å². The maximum absolute atomic E-state index is 13.4. The van der Waals surface area contributed by atoms with E-state index in [0.717, 1.165) is 25.0 Å². The summed E-state index contributed by atoms with van der Waals surface area (Å²) in [5, 5.41) is 0. The highest BCUT2D eigenvalue weighted by Crippen LogP contribution is 2.13. The van der Waals surface area contributed by atoms with Crippen LogP contribution in [-0.2, 0) is 20.3 Å². The Labute approximate surface area is 127 Å². The Balaban J connectivity index is 2.13. The van der Waals surface area contributed by atoms with E-state index in [0.29, 0.717) is 25.2 Å². The summed E-state index contributed by atoms with van der Waals surface area (Å²) in [4.78, 5) is 0. The summed E-state index contributed by atoms with van der Waals surface area (Å²) in [6.45, 7) is 4.37. The van der Waals surface area contributed by atoms with Gasteiger partial charge >= 0.3 is 0 Å². The molecule has 0 aliphatic rings. The molecule has 0 spiro atoms. The second kappa shape index (κ2) is 10.8. The van der Waals surface area contributed by atoms with Crippen LogP contribution in [0.25, 0.3) is 0 Å². The first-order valence-electron chi connectivity index (χ1n) is 7.46. The lowest BCUT2D eigenvalue weighted by atomic mass is 10.1. The fourth-order valence-electron chi connectivity index (χ4n) is 1.91. The third-order valence-electron chi connectivity index (χ3n) is 2.96. The minimum absolute atomic E-state index is 0.462. The number of unbranched alkanes of at least 4 members (excludes halogenated alkanes) is 1. The Morgan fingerprint density at radius 3 is 2.43 bits per heavy atom. The van der Waals surface area contributed by atoms with Gasteiger partial charge in [0.25, 0.3) is 6.48 Å². The van der Waals surface area contributed by atoms with Crippen LogP contribution in [0.1, 0.15) is 32.3 Å². The number of halogens is 2. The summed E-state index contributed by atoms with van der Waals surface area (Å²) >= 11 is 0. The number of ether oxygens (including phenoxy) is 2. The molecular formula is C15H24F2O3Si. The first kappa shape index (κ1) is 18.2. The van der Waals surface area contributed by atoms with Gasteiger partial charge < -0.3 is 13.9 Å². The molecule has 6 heteroatoms. The topological polar surface area (TPSA) is 27.7 Å². The van der Waals surface area contributed by atoms with E-state index < -0.39 is 27.9 Å². The first-order chi connectivity index (χ1) is 10.2. The third kappa shape index (κ3) is 7.66. The second-order valence-electron chi connectivity index (χ2n) is 4.62. The van der Waals surface area contributed by atoms with Gasteiger partial charge in [-0.1, -0.05) is 12.5 Å². The molecule has 0 aliphatic carbocycles. The van der Waals surface area contributed by atoms with Crippen molar-refractivity contribution in [2.45, 2.75) is 45.6 Å². The van der Waals surface area contributed by atoms with Crippen molar-refractivity contribution in [2.24, 2.45) is 0 Å². The van der Waals surface area contributed by atoms with Gasteiger partial charge in [-0.15, -0.1) is 0 Å². The summed E-state index contributed by atoms with van der Waals surface area (Å²) in [6.07, 6.45) is 2.46. The molecular weight excluding hydrogens is 294 g/mol. The van der Waals surface area contributed by atoms with Crippen molar-refractivity contribution in [3.05, 3.63) is 35.4 Å². The largest absolute Gasteiger partial charge is 0.379 e. The monoisotopic (exact) mass is 318 g/mol. The molecule has 0 aliphatic heterocycles. The van der Waals surface area contributed by atoms with Gasteiger partial charge in [-0.25, -0.2) is 8.78 Å². The quantitative estimate of drug-likeness (QED) is 0.356. The average Bonchev–Trinajstić information content (AvgIpc) is 2.45. The van der Waals surface area contributed by atoms with E-state index in [2.05, 4.69) is 0 Å². The molecule has 0 heterocycles. The summed E-state index contributed by atoms with van der Waals surface area (Å²) < 4.78 is 42.3. The molecule has 0 N–H and O–H groups in total. The van der Waals surface area contributed by atoms with Gasteiger partial charge in [-0.2, -0.15) is 0 Å². The Morgan fingerprint density at radius 1 is 1.10 bits per heavy atom. The van der Waals surface area contributed by atoms with Crippen LogP contribution in [0.2, 0.25) is 6.04 Å². The normalized spacial score (nSPS) is 11.9. The van der Waals surface area contributed by atoms with Crippen molar-refractivity contribution < 1.29 is 22.7 Å². The number of hydrogen-bond acceptors (Lipinski definition) is 3. The molecule has 0 saturated carbocycles. The number of benzene rings is 1. The van der Waals surface area contributed by atoms with E-state index in [1.807, 2.05) is 13.8 Å².